The second-order valence-electron chi connectivity index (χ2n) is 4.06. The SMILES string of the molecule is Oc1cc(Cl)cc2c1NC(Nc1ccccc1Br)=NS2. The summed E-state index contributed by atoms with van der Waals surface area (Å²) in [6.45, 7) is 0. The lowest BCUT2D eigenvalue weighted by atomic mass is 10.3. The van der Waals surface area contributed by atoms with E-state index in [1.807, 2.05) is 24.3 Å². The number of nitrogens with one attached hydrogen (secondary N) is 2. The summed E-state index contributed by atoms with van der Waals surface area (Å²) in [4.78, 5) is 0.785. The van der Waals surface area contributed by atoms with Crippen LogP contribution in [0.2, 0.25) is 5.02 Å². The molecule has 0 fully saturated rings. The number of anilines is 2. The molecule has 0 aromatic heterocycles. The molecule has 0 atom stereocenters. The van der Waals surface area contributed by atoms with Gasteiger partial charge >= 0.3 is 0 Å². The van der Waals surface area contributed by atoms with Gasteiger partial charge in [-0.1, -0.05) is 23.7 Å². The second kappa shape index (κ2) is 5.55. The molecule has 1 aliphatic rings. The van der Waals surface area contributed by atoms with Gasteiger partial charge in [0.15, 0.2) is 0 Å². The molecule has 4 nitrogen and oxygen atoms in total. The molecule has 0 unspecified atom stereocenters. The van der Waals surface area contributed by atoms with Gasteiger partial charge in [-0.3, -0.25) is 0 Å². The molecule has 1 heterocycles. The molecule has 20 heavy (non-hydrogen) atoms. The van der Waals surface area contributed by atoms with E-state index in [1.165, 1.54) is 18.0 Å². The molecule has 2 aromatic rings. The Bertz CT molecular complexity index is 708. The van der Waals surface area contributed by atoms with Crippen LogP contribution in [-0.4, -0.2) is 11.1 Å². The van der Waals surface area contributed by atoms with E-state index >= 15 is 0 Å². The van der Waals surface area contributed by atoms with Gasteiger partial charge < -0.3 is 15.7 Å². The van der Waals surface area contributed by atoms with Crippen molar-refractivity contribution >= 4 is 56.8 Å². The summed E-state index contributed by atoms with van der Waals surface area (Å²) in [6, 6.07) is 11.0. The highest BCUT2D eigenvalue weighted by Crippen LogP contribution is 2.40. The van der Waals surface area contributed by atoms with Gasteiger partial charge in [0, 0.05) is 27.5 Å². The van der Waals surface area contributed by atoms with Crippen LogP contribution >= 0.6 is 39.5 Å². The minimum atomic E-state index is 0.0985. The number of rotatable bonds is 1. The van der Waals surface area contributed by atoms with Crippen LogP contribution in [0, 0.1) is 0 Å². The van der Waals surface area contributed by atoms with Gasteiger partial charge in [0.1, 0.15) is 5.75 Å². The third kappa shape index (κ3) is 2.72. The first kappa shape index (κ1) is 13.6. The minimum absolute atomic E-state index is 0.0985. The van der Waals surface area contributed by atoms with E-state index in [2.05, 4.69) is 31.0 Å². The number of para-hydroxylation sites is 1. The fourth-order valence-corrected chi connectivity index (χ4v) is 3.11. The van der Waals surface area contributed by atoms with Gasteiger partial charge in [-0.05, 0) is 34.1 Å². The summed E-state index contributed by atoms with van der Waals surface area (Å²) in [7, 11) is 0. The fourth-order valence-electron chi connectivity index (χ4n) is 1.75. The number of fused-ring (bicyclic) bond motifs is 1. The Balaban J connectivity index is 1.85. The summed E-state index contributed by atoms with van der Waals surface area (Å²) < 4.78 is 5.24. The first-order valence-corrected chi connectivity index (χ1v) is 7.64. The van der Waals surface area contributed by atoms with Crippen molar-refractivity contribution in [1.29, 1.82) is 0 Å². The van der Waals surface area contributed by atoms with Crippen LogP contribution in [0.5, 0.6) is 5.75 Å². The van der Waals surface area contributed by atoms with E-state index in [0.717, 1.165) is 15.1 Å². The molecular formula is C13H9BrClN3OS. The summed E-state index contributed by atoms with van der Waals surface area (Å²) in [5.41, 5.74) is 1.49. The molecule has 0 aliphatic carbocycles. The van der Waals surface area contributed by atoms with Crippen LogP contribution in [0.1, 0.15) is 0 Å². The third-order valence-electron chi connectivity index (χ3n) is 2.65. The van der Waals surface area contributed by atoms with Crippen LogP contribution in [0.3, 0.4) is 0 Å². The average Bonchev–Trinajstić information content (AvgIpc) is 2.42. The lowest BCUT2D eigenvalue weighted by molar-refractivity contribution is 0.476. The van der Waals surface area contributed by atoms with E-state index in [9.17, 15) is 5.11 Å². The summed E-state index contributed by atoms with van der Waals surface area (Å²) in [5.74, 6) is 0.647. The van der Waals surface area contributed by atoms with Crippen molar-refractivity contribution < 1.29 is 5.11 Å². The summed E-state index contributed by atoms with van der Waals surface area (Å²) in [5, 5.41) is 16.6. The maximum absolute atomic E-state index is 9.92. The van der Waals surface area contributed by atoms with Crippen LogP contribution in [0.25, 0.3) is 0 Å². The van der Waals surface area contributed by atoms with Gasteiger partial charge in [-0.25, -0.2) is 0 Å². The highest BCUT2D eigenvalue weighted by Gasteiger charge is 2.17. The molecular weight excluding hydrogens is 362 g/mol. The van der Waals surface area contributed by atoms with Gasteiger partial charge in [0.05, 0.1) is 16.3 Å². The van der Waals surface area contributed by atoms with Gasteiger partial charge in [-0.2, -0.15) is 4.40 Å². The number of aromatic hydroxyl groups is 1. The number of hydrogen-bond donors (Lipinski definition) is 3. The number of phenols is 1. The van der Waals surface area contributed by atoms with Crippen LogP contribution in [0.4, 0.5) is 11.4 Å². The van der Waals surface area contributed by atoms with E-state index < -0.39 is 0 Å². The molecule has 2 aromatic carbocycles. The summed E-state index contributed by atoms with van der Waals surface area (Å²) >= 11 is 10.6. The molecule has 0 spiro atoms. The zero-order valence-electron chi connectivity index (χ0n) is 10.0. The van der Waals surface area contributed by atoms with Crippen LogP contribution in [-0.2, 0) is 0 Å². The zero-order chi connectivity index (χ0) is 14.1. The lowest BCUT2D eigenvalue weighted by Gasteiger charge is -2.20. The predicted molar refractivity (Wildman–Crippen MR) is 87.8 cm³/mol. The largest absolute Gasteiger partial charge is 0.506 e. The van der Waals surface area contributed by atoms with Gasteiger partial charge in [-0.15, -0.1) is 0 Å². The van der Waals surface area contributed by atoms with E-state index in [4.69, 9.17) is 11.6 Å². The molecule has 0 saturated heterocycles. The number of halogens is 2. The number of nitrogens with zero attached hydrogens (tertiary/aromatic N) is 1. The van der Waals surface area contributed by atoms with E-state index in [0.29, 0.717) is 16.7 Å². The van der Waals surface area contributed by atoms with E-state index in [-0.39, 0.29) is 5.75 Å². The molecule has 0 saturated carbocycles. The highest BCUT2D eigenvalue weighted by atomic mass is 79.9. The molecule has 102 valence electrons. The molecule has 0 amide bonds. The minimum Gasteiger partial charge on any atom is -0.506 e. The average molecular weight is 371 g/mol. The Kier molecular flexibility index (Phi) is 3.78. The van der Waals surface area contributed by atoms with Crippen molar-refractivity contribution in [3.63, 3.8) is 0 Å². The van der Waals surface area contributed by atoms with Crippen molar-refractivity contribution in [3.8, 4) is 5.75 Å². The highest BCUT2D eigenvalue weighted by molar-refractivity contribution is 9.10. The molecule has 0 bridgehead atoms. The van der Waals surface area contributed by atoms with Crippen LogP contribution < -0.4 is 10.6 Å². The number of guanidine groups is 1. The van der Waals surface area contributed by atoms with E-state index in [1.54, 1.807) is 6.07 Å². The zero-order valence-corrected chi connectivity index (χ0v) is 13.2. The summed E-state index contributed by atoms with van der Waals surface area (Å²) in [6.07, 6.45) is 0. The monoisotopic (exact) mass is 369 g/mol. The quantitative estimate of drug-likeness (QED) is 0.503. The van der Waals surface area contributed by atoms with Crippen molar-refractivity contribution in [2.75, 3.05) is 10.6 Å². The van der Waals surface area contributed by atoms with Gasteiger partial charge in [0.2, 0.25) is 5.96 Å². The van der Waals surface area contributed by atoms with Gasteiger partial charge in [0.25, 0.3) is 0 Å². The predicted octanol–water partition coefficient (Wildman–Crippen LogP) is 4.71. The molecule has 1 aliphatic heterocycles. The number of hydrogen-bond acceptors (Lipinski definition) is 5. The van der Waals surface area contributed by atoms with Crippen molar-refractivity contribution in [3.05, 3.63) is 45.9 Å². The standard InChI is InChI=1S/C13H9BrClN3OS/c14-8-3-1-2-4-9(8)16-13-17-12-10(19)5-7(15)6-11(12)20-18-13/h1-6,19H,(H2,16,17,18). The molecule has 3 rings (SSSR count). The maximum atomic E-state index is 9.92. The van der Waals surface area contributed by atoms with Crippen LogP contribution in [0.15, 0.2) is 50.2 Å². The first-order chi connectivity index (χ1) is 9.63. The topological polar surface area (TPSA) is 56.6 Å². The Morgan fingerprint density at radius 2 is 2.10 bits per heavy atom. The van der Waals surface area contributed by atoms with Crippen molar-refractivity contribution in [2.45, 2.75) is 4.90 Å². The van der Waals surface area contributed by atoms with Crippen molar-refractivity contribution in [1.82, 2.24) is 0 Å². The Hall–Kier alpha value is -1.37. The number of phenolic OH excluding ortho intramolecular Hbond substituents is 1. The molecule has 0 radical (unpaired) electrons. The Labute approximate surface area is 133 Å². The Morgan fingerprint density at radius 1 is 1.30 bits per heavy atom. The molecule has 3 N–H and O–H groups in total. The maximum Gasteiger partial charge on any atom is 0.212 e. The Morgan fingerprint density at radius 3 is 2.90 bits per heavy atom. The van der Waals surface area contributed by atoms with Crippen molar-refractivity contribution in [2.24, 2.45) is 4.40 Å². The third-order valence-corrected chi connectivity index (χ3v) is 4.35. The molecule has 7 heteroatoms. The second-order valence-corrected chi connectivity index (χ2v) is 6.15. The fraction of sp³-hybridized carbons (Fsp3) is 0. The number of benzene rings is 2. The normalized spacial score (nSPS) is 13.2. The smallest absolute Gasteiger partial charge is 0.212 e. The lowest BCUT2D eigenvalue weighted by Crippen LogP contribution is -2.23. The first-order valence-electron chi connectivity index (χ1n) is 5.69.